The van der Waals surface area contributed by atoms with Gasteiger partial charge in [-0.2, -0.15) is 0 Å². The summed E-state index contributed by atoms with van der Waals surface area (Å²) in [6.07, 6.45) is 4.27. The Morgan fingerprint density at radius 1 is 1.40 bits per heavy atom. The van der Waals surface area contributed by atoms with Gasteiger partial charge in [0.2, 0.25) is 11.0 Å². The highest BCUT2D eigenvalue weighted by Crippen LogP contribution is 2.38. The van der Waals surface area contributed by atoms with E-state index >= 15 is 0 Å². The topological polar surface area (TPSA) is 54.9 Å². The fraction of sp³-hybridized carbons (Fsp3) is 0.700. The molecule has 1 aliphatic carbocycles. The molecule has 0 aliphatic heterocycles. The van der Waals surface area contributed by atoms with Crippen LogP contribution >= 0.6 is 11.3 Å². The molecule has 1 aliphatic rings. The van der Waals surface area contributed by atoms with E-state index in [4.69, 9.17) is 0 Å². The largest absolute Gasteiger partial charge is 0.300 e. The molecule has 15 heavy (non-hydrogen) atoms. The second kappa shape index (κ2) is 3.89. The fourth-order valence-electron chi connectivity index (χ4n) is 1.98. The van der Waals surface area contributed by atoms with Crippen molar-refractivity contribution in [2.45, 2.75) is 39.5 Å². The van der Waals surface area contributed by atoms with Crippen molar-refractivity contribution in [3.8, 4) is 0 Å². The minimum atomic E-state index is -0.195. The van der Waals surface area contributed by atoms with E-state index < -0.39 is 0 Å². The Kier molecular flexibility index (Phi) is 2.73. The molecular formula is C10H15N3OS. The zero-order valence-corrected chi connectivity index (χ0v) is 9.86. The molecule has 1 fully saturated rings. The van der Waals surface area contributed by atoms with E-state index in [2.05, 4.69) is 15.5 Å². The Labute approximate surface area is 93.1 Å². The van der Waals surface area contributed by atoms with Gasteiger partial charge in [-0.25, -0.2) is 0 Å². The third-order valence-electron chi connectivity index (χ3n) is 3.00. The van der Waals surface area contributed by atoms with E-state index in [9.17, 15) is 4.79 Å². The number of aromatic nitrogens is 2. The molecule has 2 rings (SSSR count). The predicted molar refractivity (Wildman–Crippen MR) is 59.9 cm³/mol. The van der Waals surface area contributed by atoms with E-state index in [0.29, 0.717) is 5.13 Å². The van der Waals surface area contributed by atoms with Crippen LogP contribution in [0.3, 0.4) is 0 Å². The summed E-state index contributed by atoms with van der Waals surface area (Å²) in [5, 5.41) is 12.1. The molecule has 0 bridgehead atoms. The minimum Gasteiger partial charge on any atom is -0.300 e. The van der Waals surface area contributed by atoms with Crippen molar-refractivity contribution in [1.82, 2.24) is 10.2 Å². The minimum absolute atomic E-state index is 0.0937. The first-order valence-corrected chi connectivity index (χ1v) is 6.03. The van der Waals surface area contributed by atoms with Crippen molar-refractivity contribution >= 4 is 22.4 Å². The Morgan fingerprint density at radius 2 is 2.07 bits per heavy atom. The van der Waals surface area contributed by atoms with Gasteiger partial charge >= 0.3 is 0 Å². The maximum Gasteiger partial charge on any atom is 0.232 e. The number of hydrogen-bond acceptors (Lipinski definition) is 4. The van der Waals surface area contributed by atoms with Crippen molar-refractivity contribution in [1.29, 1.82) is 0 Å². The van der Waals surface area contributed by atoms with Crippen LogP contribution in [0.1, 0.15) is 37.6 Å². The first kappa shape index (κ1) is 10.5. The number of rotatable bonds is 2. The average molecular weight is 225 g/mol. The van der Waals surface area contributed by atoms with Gasteiger partial charge in [0.25, 0.3) is 0 Å². The lowest BCUT2D eigenvalue weighted by Crippen LogP contribution is -2.30. The molecule has 1 aromatic rings. The van der Waals surface area contributed by atoms with Crippen LogP contribution in [0.25, 0.3) is 0 Å². The molecule has 0 unspecified atom stereocenters. The number of hydrogen-bond donors (Lipinski definition) is 1. The summed E-state index contributed by atoms with van der Waals surface area (Å²) in [6, 6.07) is 0. The molecule has 5 heteroatoms. The van der Waals surface area contributed by atoms with Gasteiger partial charge in [0.1, 0.15) is 5.01 Å². The number of aryl methyl sites for hydroxylation is 1. The van der Waals surface area contributed by atoms with E-state index in [1.807, 2.05) is 13.8 Å². The van der Waals surface area contributed by atoms with Gasteiger partial charge in [-0.3, -0.25) is 4.79 Å². The van der Waals surface area contributed by atoms with Crippen LogP contribution in [0.4, 0.5) is 5.13 Å². The zero-order chi connectivity index (χ0) is 10.9. The van der Waals surface area contributed by atoms with Crippen LogP contribution in [0, 0.1) is 12.3 Å². The smallest absolute Gasteiger partial charge is 0.232 e. The molecular weight excluding hydrogens is 210 g/mol. The first-order chi connectivity index (χ1) is 7.10. The molecule has 0 aromatic carbocycles. The lowest BCUT2D eigenvalue weighted by molar-refractivity contribution is -0.124. The molecule has 0 radical (unpaired) electrons. The molecule has 1 aromatic heterocycles. The molecule has 1 heterocycles. The Morgan fingerprint density at radius 3 is 2.60 bits per heavy atom. The summed E-state index contributed by atoms with van der Waals surface area (Å²) in [5.74, 6) is 0.0937. The standard InChI is InChI=1S/C10H15N3OS/c1-7-12-13-9(15-7)11-8(14)10(2)5-3-4-6-10/h3-6H2,1-2H3,(H,11,13,14). The molecule has 0 spiro atoms. The van der Waals surface area contributed by atoms with Crippen molar-refractivity contribution in [3.63, 3.8) is 0 Å². The van der Waals surface area contributed by atoms with Crippen LogP contribution < -0.4 is 5.32 Å². The quantitative estimate of drug-likeness (QED) is 0.840. The van der Waals surface area contributed by atoms with Crippen molar-refractivity contribution < 1.29 is 4.79 Å². The summed E-state index contributed by atoms with van der Waals surface area (Å²) in [6.45, 7) is 3.91. The monoisotopic (exact) mass is 225 g/mol. The van der Waals surface area contributed by atoms with E-state index in [1.165, 1.54) is 11.3 Å². The Hall–Kier alpha value is -0.970. The third kappa shape index (κ3) is 2.17. The highest BCUT2D eigenvalue weighted by molar-refractivity contribution is 7.15. The number of nitrogens with one attached hydrogen (secondary N) is 1. The molecule has 0 atom stereocenters. The number of carbonyl (C=O) groups is 1. The second-order valence-corrected chi connectivity index (χ2v) is 5.53. The summed E-state index contributed by atoms with van der Waals surface area (Å²) in [5.41, 5.74) is -0.195. The number of nitrogens with zero attached hydrogens (tertiary/aromatic N) is 2. The first-order valence-electron chi connectivity index (χ1n) is 5.22. The van der Waals surface area contributed by atoms with Gasteiger partial charge in [0.05, 0.1) is 0 Å². The normalized spacial score (nSPS) is 19.1. The maximum absolute atomic E-state index is 12.0. The van der Waals surface area contributed by atoms with Crippen molar-refractivity contribution in [2.75, 3.05) is 5.32 Å². The highest BCUT2D eigenvalue weighted by atomic mass is 32.1. The van der Waals surface area contributed by atoms with Gasteiger partial charge in [-0.05, 0) is 19.8 Å². The summed E-state index contributed by atoms with van der Waals surface area (Å²) < 4.78 is 0. The van der Waals surface area contributed by atoms with Gasteiger partial charge in [0, 0.05) is 5.41 Å². The van der Waals surface area contributed by atoms with Gasteiger partial charge in [-0.1, -0.05) is 31.1 Å². The van der Waals surface area contributed by atoms with Crippen molar-refractivity contribution in [3.05, 3.63) is 5.01 Å². The SMILES string of the molecule is Cc1nnc(NC(=O)C2(C)CCCC2)s1. The van der Waals surface area contributed by atoms with Gasteiger partial charge in [0.15, 0.2) is 0 Å². The van der Waals surface area contributed by atoms with Crippen LogP contribution in [-0.4, -0.2) is 16.1 Å². The lowest BCUT2D eigenvalue weighted by atomic mass is 9.88. The Balaban J connectivity index is 2.03. The summed E-state index contributed by atoms with van der Waals surface area (Å²) >= 11 is 1.42. The molecule has 1 saturated carbocycles. The fourth-order valence-corrected chi connectivity index (χ4v) is 2.56. The van der Waals surface area contributed by atoms with E-state index in [0.717, 1.165) is 30.7 Å². The summed E-state index contributed by atoms with van der Waals surface area (Å²) in [7, 11) is 0. The number of carbonyl (C=O) groups excluding carboxylic acids is 1. The van der Waals surface area contributed by atoms with Crippen LogP contribution in [0.2, 0.25) is 0 Å². The van der Waals surface area contributed by atoms with Crippen molar-refractivity contribution in [2.24, 2.45) is 5.41 Å². The maximum atomic E-state index is 12.0. The van der Waals surface area contributed by atoms with Gasteiger partial charge in [-0.15, -0.1) is 10.2 Å². The molecule has 4 nitrogen and oxygen atoms in total. The van der Waals surface area contributed by atoms with Gasteiger partial charge < -0.3 is 5.32 Å². The second-order valence-electron chi connectivity index (χ2n) is 4.35. The number of amides is 1. The third-order valence-corrected chi connectivity index (χ3v) is 3.76. The lowest BCUT2D eigenvalue weighted by Gasteiger charge is -2.20. The molecule has 1 amide bonds. The van der Waals surface area contributed by atoms with E-state index in [-0.39, 0.29) is 11.3 Å². The van der Waals surface area contributed by atoms with Crippen LogP contribution in [0.15, 0.2) is 0 Å². The predicted octanol–water partition coefficient (Wildman–Crippen LogP) is 2.37. The average Bonchev–Trinajstić information content (AvgIpc) is 2.76. The number of anilines is 1. The van der Waals surface area contributed by atoms with Crippen LogP contribution in [-0.2, 0) is 4.79 Å². The highest BCUT2D eigenvalue weighted by Gasteiger charge is 2.36. The van der Waals surface area contributed by atoms with Crippen LogP contribution in [0.5, 0.6) is 0 Å². The molecule has 82 valence electrons. The molecule has 1 N–H and O–H groups in total. The summed E-state index contributed by atoms with van der Waals surface area (Å²) in [4.78, 5) is 12.0. The molecule has 0 saturated heterocycles. The Bertz CT molecular complexity index is 368. The zero-order valence-electron chi connectivity index (χ0n) is 9.04. The van der Waals surface area contributed by atoms with E-state index in [1.54, 1.807) is 0 Å².